The van der Waals surface area contributed by atoms with Gasteiger partial charge in [-0.2, -0.15) is 0 Å². The normalized spacial score (nSPS) is 24.3. The molecule has 0 radical (unpaired) electrons. The quantitative estimate of drug-likeness (QED) is 0.765. The molecule has 1 aromatic rings. The number of rotatable bonds is 1. The van der Waals surface area contributed by atoms with Gasteiger partial charge in [0, 0.05) is 12.0 Å². The van der Waals surface area contributed by atoms with Crippen LogP contribution in [-0.2, 0) is 12.0 Å². The van der Waals surface area contributed by atoms with Gasteiger partial charge in [-0.1, -0.05) is 32.9 Å². The van der Waals surface area contributed by atoms with E-state index < -0.39 is 5.60 Å². The highest BCUT2D eigenvalue weighted by atomic mass is 16.5. The van der Waals surface area contributed by atoms with Crippen molar-refractivity contribution in [1.29, 1.82) is 0 Å². The van der Waals surface area contributed by atoms with E-state index in [9.17, 15) is 5.11 Å². The maximum atomic E-state index is 10.6. The van der Waals surface area contributed by atoms with Gasteiger partial charge in [-0.3, -0.25) is 0 Å². The molecule has 0 saturated heterocycles. The van der Waals surface area contributed by atoms with E-state index >= 15 is 0 Å². The number of benzene rings is 1. The minimum Gasteiger partial charge on any atom is -0.496 e. The minimum atomic E-state index is -0.741. The molecule has 15 heavy (non-hydrogen) atoms. The molecule has 1 unspecified atom stereocenters. The Labute approximate surface area is 90.9 Å². The number of fused-ring (bicyclic) bond motifs is 1. The van der Waals surface area contributed by atoms with Gasteiger partial charge in [-0.15, -0.1) is 0 Å². The smallest absolute Gasteiger partial charge is 0.125 e. The first kappa shape index (κ1) is 10.5. The Kier molecular flexibility index (Phi) is 2.09. The third-order valence-electron chi connectivity index (χ3n) is 3.43. The Hall–Kier alpha value is -1.02. The van der Waals surface area contributed by atoms with Gasteiger partial charge < -0.3 is 9.84 Å². The van der Waals surface area contributed by atoms with Gasteiger partial charge >= 0.3 is 0 Å². The molecule has 0 aromatic heterocycles. The van der Waals surface area contributed by atoms with E-state index in [0.717, 1.165) is 17.7 Å². The van der Waals surface area contributed by atoms with E-state index in [1.165, 1.54) is 5.56 Å². The van der Waals surface area contributed by atoms with Gasteiger partial charge in [0.15, 0.2) is 0 Å². The fourth-order valence-corrected chi connectivity index (χ4v) is 2.26. The van der Waals surface area contributed by atoms with Crippen molar-refractivity contribution in [2.45, 2.75) is 32.8 Å². The van der Waals surface area contributed by atoms with Crippen LogP contribution in [0.3, 0.4) is 0 Å². The van der Waals surface area contributed by atoms with Crippen molar-refractivity contribution in [3.05, 3.63) is 29.3 Å². The molecule has 0 aliphatic heterocycles. The van der Waals surface area contributed by atoms with Crippen LogP contribution in [0.4, 0.5) is 0 Å². The van der Waals surface area contributed by atoms with Crippen molar-refractivity contribution in [3.63, 3.8) is 0 Å². The number of methoxy groups -OCH3 is 1. The van der Waals surface area contributed by atoms with E-state index in [2.05, 4.69) is 26.8 Å². The van der Waals surface area contributed by atoms with Crippen LogP contribution in [-0.4, -0.2) is 12.2 Å². The van der Waals surface area contributed by atoms with Crippen molar-refractivity contribution in [2.75, 3.05) is 7.11 Å². The summed E-state index contributed by atoms with van der Waals surface area (Å²) in [5, 5.41) is 10.6. The van der Waals surface area contributed by atoms with Crippen LogP contribution in [0, 0.1) is 5.41 Å². The van der Waals surface area contributed by atoms with E-state index in [-0.39, 0.29) is 5.41 Å². The number of ether oxygens (including phenoxy) is 1. The summed E-state index contributed by atoms with van der Waals surface area (Å²) in [5.74, 6) is 0.802. The summed E-state index contributed by atoms with van der Waals surface area (Å²) < 4.78 is 5.31. The lowest BCUT2D eigenvalue weighted by Crippen LogP contribution is -2.49. The summed E-state index contributed by atoms with van der Waals surface area (Å²) in [4.78, 5) is 0. The lowest BCUT2D eigenvalue weighted by Gasteiger charge is -2.49. The van der Waals surface area contributed by atoms with Gasteiger partial charge in [0.25, 0.3) is 0 Å². The van der Waals surface area contributed by atoms with Gasteiger partial charge in [0.05, 0.1) is 7.11 Å². The second-order valence-electron chi connectivity index (χ2n) is 5.28. The Morgan fingerprint density at radius 3 is 2.53 bits per heavy atom. The molecule has 2 nitrogen and oxygen atoms in total. The van der Waals surface area contributed by atoms with Crippen molar-refractivity contribution >= 4 is 0 Å². The SMILES string of the molecule is COc1cccc2c1C(O)(C(C)(C)C)C2. The molecular weight excluding hydrogens is 188 g/mol. The number of hydrogen-bond acceptors (Lipinski definition) is 2. The van der Waals surface area contributed by atoms with Crippen molar-refractivity contribution < 1.29 is 9.84 Å². The standard InChI is InChI=1S/C13H18O2/c1-12(2,3)13(14)8-9-6-5-7-10(15-4)11(9)13/h5-7,14H,8H2,1-4H3. The van der Waals surface area contributed by atoms with Gasteiger partial charge in [0.2, 0.25) is 0 Å². The van der Waals surface area contributed by atoms with E-state index in [4.69, 9.17) is 4.74 Å². The average Bonchev–Trinajstić information content (AvgIpc) is 2.13. The Balaban J connectivity index is 2.53. The molecule has 0 bridgehead atoms. The highest BCUT2D eigenvalue weighted by molar-refractivity contribution is 5.53. The molecule has 0 amide bonds. The highest BCUT2D eigenvalue weighted by Crippen LogP contribution is 2.53. The van der Waals surface area contributed by atoms with Gasteiger partial charge in [-0.25, -0.2) is 0 Å². The molecule has 1 aliphatic carbocycles. The molecule has 0 heterocycles. The summed E-state index contributed by atoms with van der Waals surface area (Å²) >= 11 is 0. The van der Waals surface area contributed by atoms with Crippen LogP contribution in [0.5, 0.6) is 5.75 Å². The van der Waals surface area contributed by atoms with Gasteiger partial charge in [-0.05, 0) is 17.0 Å². The zero-order valence-electron chi connectivity index (χ0n) is 9.79. The third-order valence-corrected chi connectivity index (χ3v) is 3.43. The Morgan fingerprint density at radius 1 is 1.33 bits per heavy atom. The first-order valence-electron chi connectivity index (χ1n) is 5.29. The Morgan fingerprint density at radius 2 is 2.00 bits per heavy atom. The monoisotopic (exact) mass is 206 g/mol. The Bertz CT molecular complexity index is 390. The first-order chi connectivity index (χ1) is 6.90. The van der Waals surface area contributed by atoms with Crippen LogP contribution >= 0.6 is 0 Å². The van der Waals surface area contributed by atoms with Gasteiger partial charge in [0.1, 0.15) is 11.4 Å². The van der Waals surface area contributed by atoms with Crippen LogP contribution in [0.2, 0.25) is 0 Å². The lowest BCUT2D eigenvalue weighted by atomic mass is 9.60. The predicted octanol–water partition coefficient (Wildman–Crippen LogP) is 2.49. The molecule has 0 fully saturated rings. The van der Waals surface area contributed by atoms with Crippen LogP contribution in [0.25, 0.3) is 0 Å². The molecule has 1 aromatic carbocycles. The predicted molar refractivity (Wildman–Crippen MR) is 60.0 cm³/mol. The second kappa shape index (κ2) is 2.99. The van der Waals surface area contributed by atoms with Crippen LogP contribution < -0.4 is 4.74 Å². The molecule has 0 saturated carbocycles. The first-order valence-corrected chi connectivity index (χ1v) is 5.29. The van der Waals surface area contributed by atoms with E-state index in [0.29, 0.717) is 0 Å². The summed E-state index contributed by atoms with van der Waals surface area (Å²) in [7, 11) is 1.65. The zero-order chi connectivity index (χ0) is 11.3. The molecule has 82 valence electrons. The largest absolute Gasteiger partial charge is 0.496 e. The zero-order valence-corrected chi connectivity index (χ0v) is 9.79. The molecule has 1 atom stereocenters. The van der Waals surface area contributed by atoms with Crippen LogP contribution in [0.15, 0.2) is 18.2 Å². The average molecular weight is 206 g/mol. The third kappa shape index (κ3) is 1.28. The topological polar surface area (TPSA) is 29.5 Å². The molecule has 1 N–H and O–H groups in total. The summed E-state index contributed by atoms with van der Waals surface area (Å²) in [6.07, 6.45) is 0.725. The highest BCUT2D eigenvalue weighted by Gasteiger charge is 2.51. The number of hydrogen-bond donors (Lipinski definition) is 1. The molecule has 2 heteroatoms. The van der Waals surface area contributed by atoms with E-state index in [1.54, 1.807) is 7.11 Å². The lowest BCUT2D eigenvalue weighted by molar-refractivity contribution is -0.0859. The van der Waals surface area contributed by atoms with Crippen LogP contribution in [0.1, 0.15) is 31.9 Å². The molecule has 2 rings (SSSR count). The van der Waals surface area contributed by atoms with Crippen molar-refractivity contribution in [2.24, 2.45) is 5.41 Å². The van der Waals surface area contributed by atoms with Crippen molar-refractivity contribution in [3.8, 4) is 5.75 Å². The maximum Gasteiger partial charge on any atom is 0.125 e. The van der Waals surface area contributed by atoms with E-state index in [1.807, 2.05) is 12.1 Å². The molecule has 0 spiro atoms. The maximum absolute atomic E-state index is 10.6. The second-order valence-corrected chi connectivity index (χ2v) is 5.28. The summed E-state index contributed by atoms with van der Waals surface area (Å²) in [6.45, 7) is 6.17. The molecule has 1 aliphatic rings. The number of aliphatic hydroxyl groups is 1. The minimum absolute atomic E-state index is 0.158. The fourth-order valence-electron chi connectivity index (χ4n) is 2.26. The fraction of sp³-hybridized carbons (Fsp3) is 0.538. The molecular formula is C13H18O2. The van der Waals surface area contributed by atoms with Crippen molar-refractivity contribution in [1.82, 2.24) is 0 Å². The summed E-state index contributed by atoms with van der Waals surface area (Å²) in [6, 6.07) is 5.94. The summed E-state index contributed by atoms with van der Waals surface area (Å²) in [5.41, 5.74) is 1.27.